The largest absolute Gasteiger partial charge is 0.507 e. The van der Waals surface area contributed by atoms with E-state index in [1.807, 2.05) is 0 Å². The van der Waals surface area contributed by atoms with Crippen LogP contribution in [0.25, 0.3) is 0 Å². The third-order valence-corrected chi connectivity index (χ3v) is 5.21. The normalized spacial score (nSPS) is 30.9. The molecule has 10 nitrogen and oxygen atoms in total. The Morgan fingerprint density at radius 2 is 1.60 bits per heavy atom. The standard InChI is InChI=1S/C20H22O10/c21-11-2-1-8(3-13(11)23)19-14(24)6-10-12(22)4-9(5-16(10)30-19)29-20-18(27)17(26)15(25)7-28-20/h1-5,14-15,17-27H,6-7H2/t14-,15-,17-,18-,19-,20-/m1/s1. The Balaban J connectivity index is 1.58. The lowest BCUT2D eigenvalue weighted by Gasteiger charge is -2.35. The van der Waals surface area contributed by atoms with Gasteiger partial charge in [0.15, 0.2) is 11.5 Å². The Morgan fingerprint density at radius 1 is 0.833 bits per heavy atom. The fraction of sp³-hybridized carbons (Fsp3) is 0.400. The first-order valence-corrected chi connectivity index (χ1v) is 9.29. The van der Waals surface area contributed by atoms with E-state index in [2.05, 4.69) is 0 Å². The molecule has 0 amide bonds. The first kappa shape index (κ1) is 20.5. The molecule has 0 radical (unpaired) electrons. The molecule has 2 aliphatic rings. The van der Waals surface area contributed by atoms with E-state index in [-0.39, 0.29) is 41.8 Å². The summed E-state index contributed by atoms with van der Waals surface area (Å²) in [5.74, 6) is -0.602. The van der Waals surface area contributed by atoms with E-state index in [0.717, 1.165) is 0 Å². The van der Waals surface area contributed by atoms with Crippen LogP contribution in [0.1, 0.15) is 17.2 Å². The van der Waals surface area contributed by atoms with Gasteiger partial charge in [0.05, 0.1) is 12.7 Å². The summed E-state index contributed by atoms with van der Waals surface area (Å²) in [4.78, 5) is 0. The summed E-state index contributed by atoms with van der Waals surface area (Å²) in [6.07, 6.45) is -7.34. The van der Waals surface area contributed by atoms with Gasteiger partial charge in [-0.3, -0.25) is 0 Å². The highest BCUT2D eigenvalue weighted by atomic mass is 16.7. The molecular formula is C20H22O10. The molecule has 2 heterocycles. The number of ether oxygens (including phenoxy) is 3. The van der Waals surface area contributed by atoms with Crippen molar-refractivity contribution in [3.8, 4) is 28.7 Å². The predicted molar refractivity (Wildman–Crippen MR) is 99.3 cm³/mol. The molecule has 4 rings (SSSR count). The monoisotopic (exact) mass is 422 g/mol. The molecule has 1 saturated heterocycles. The quantitative estimate of drug-likeness (QED) is 0.325. The summed E-state index contributed by atoms with van der Waals surface area (Å²) >= 11 is 0. The summed E-state index contributed by atoms with van der Waals surface area (Å²) in [6, 6.07) is 6.73. The van der Waals surface area contributed by atoms with E-state index in [1.54, 1.807) is 0 Å². The molecule has 30 heavy (non-hydrogen) atoms. The summed E-state index contributed by atoms with van der Waals surface area (Å²) in [5.41, 5.74) is 0.757. The second-order valence-corrected chi connectivity index (χ2v) is 7.35. The second kappa shape index (κ2) is 7.82. The van der Waals surface area contributed by atoms with Gasteiger partial charge in [-0.2, -0.15) is 0 Å². The minimum absolute atomic E-state index is 0.0568. The number of hydrogen-bond acceptors (Lipinski definition) is 10. The number of fused-ring (bicyclic) bond motifs is 1. The molecule has 2 aliphatic heterocycles. The number of aliphatic hydroxyl groups is 4. The summed E-state index contributed by atoms with van der Waals surface area (Å²) in [6.45, 7) is -0.241. The van der Waals surface area contributed by atoms with Gasteiger partial charge in [-0.15, -0.1) is 0 Å². The van der Waals surface area contributed by atoms with E-state index in [9.17, 15) is 35.7 Å². The van der Waals surface area contributed by atoms with Crippen LogP contribution in [0.15, 0.2) is 30.3 Å². The smallest absolute Gasteiger partial charge is 0.228 e. The van der Waals surface area contributed by atoms with Crippen molar-refractivity contribution in [3.63, 3.8) is 0 Å². The van der Waals surface area contributed by atoms with Crippen molar-refractivity contribution in [1.29, 1.82) is 0 Å². The minimum Gasteiger partial charge on any atom is -0.507 e. The van der Waals surface area contributed by atoms with Gasteiger partial charge in [-0.25, -0.2) is 0 Å². The lowest BCUT2D eigenvalue weighted by atomic mass is 9.94. The molecule has 1 fully saturated rings. The predicted octanol–water partition coefficient (Wildman–Crippen LogP) is -0.342. The summed E-state index contributed by atoms with van der Waals surface area (Å²) in [7, 11) is 0. The number of aromatic hydroxyl groups is 3. The van der Waals surface area contributed by atoms with Crippen LogP contribution in [0.5, 0.6) is 28.7 Å². The van der Waals surface area contributed by atoms with E-state index >= 15 is 0 Å². The first-order valence-electron chi connectivity index (χ1n) is 9.29. The molecule has 0 aliphatic carbocycles. The molecule has 0 spiro atoms. The Kier molecular flexibility index (Phi) is 5.35. The topological polar surface area (TPSA) is 169 Å². The number of benzene rings is 2. The minimum atomic E-state index is -1.51. The van der Waals surface area contributed by atoms with Gasteiger partial charge in [-0.1, -0.05) is 6.07 Å². The summed E-state index contributed by atoms with van der Waals surface area (Å²) < 4.78 is 16.5. The zero-order chi connectivity index (χ0) is 21.6. The lowest BCUT2D eigenvalue weighted by Crippen LogP contribution is -2.54. The number of aliphatic hydroxyl groups excluding tert-OH is 4. The van der Waals surface area contributed by atoms with Gasteiger partial charge in [0.2, 0.25) is 6.29 Å². The van der Waals surface area contributed by atoms with Gasteiger partial charge in [0, 0.05) is 24.1 Å². The number of phenolic OH excluding ortho intramolecular Hbond substituents is 3. The van der Waals surface area contributed by atoms with Crippen molar-refractivity contribution in [2.75, 3.05) is 6.61 Å². The molecule has 0 saturated carbocycles. The average Bonchev–Trinajstić information content (AvgIpc) is 2.71. The Hall–Kier alpha value is -2.76. The zero-order valence-electron chi connectivity index (χ0n) is 15.6. The van der Waals surface area contributed by atoms with Crippen molar-refractivity contribution in [2.45, 2.75) is 43.2 Å². The molecule has 0 unspecified atom stereocenters. The van der Waals surface area contributed by atoms with E-state index < -0.39 is 36.8 Å². The highest BCUT2D eigenvalue weighted by molar-refractivity contribution is 5.52. The Labute approximate surface area is 170 Å². The second-order valence-electron chi connectivity index (χ2n) is 7.35. The maximum atomic E-state index is 10.5. The highest BCUT2D eigenvalue weighted by Crippen LogP contribution is 2.43. The Morgan fingerprint density at radius 3 is 2.33 bits per heavy atom. The number of phenols is 3. The lowest BCUT2D eigenvalue weighted by molar-refractivity contribution is -0.242. The van der Waals surface area contributed by atoms with Crippen LogP contribution in [0.4, 0.5) is 0 Å². The van der Waals surface area contributed by atoms with Gasteiger partial charge in [0.1, 0.15) is 41.7 Å². The molecule has 2 aromatic rings. The van der Waals surface area contributed by atoms with Crippen LogP contribution in [-0.2, 0) is 11.2 Å². The van der Waals surface area contributed by atoms with Crippen LogP contribution in [-0.4, -0.2) is 73.1 Å². The van der Waals surface area contributed by atoms with Crippen LogP contribution < -0.4 is 9.47 Å². The van der Waals surface area contributed by atoms with Gasteiger partial charge >= 0.3 is 0 Å². The fourth-order valence-corrected chi connectivity index (χ4v) is 3.54. The SMILES string of the molecule is Oc1ccc([C@H]2Oc3cc(O[C@H]4OC[C@@H](O)[C@@H](O)[C@H]4O)cc(O)c3C[C@H]2O)cc1O. The zero-order valence-corrected chi connectivity index (χ0v) is 15.6. The molecule has 6 atom stereocenters. The summed E-state index contributed by atoms with van der Waals surface area (Å²) in [5, 5.41) is 69.3. The Bertz CT molecular complexity index is 932. The fourth-order valence-electron chi connectivity index (χ4n) is 3.54. The van der Waals surface area contributed by atoms with E-state index in [1.165, 1.54) is 30.3 Å². The van der Waals surface area contributed by atoms with Crippen molar-refractivity contribution in [3.05, 3.63) is 41.5 Å². The molecule has 2 aromatic carbocycles. The van der Waals surface area contributed by atoms with Gasteiger partial charge in [0.25, 0.3) is 0 Å². The van der Waals surface area contributed by atoms with Crippen molar-refractivity contribution in [2.24, 2.45) is 0 Å². The maximum Gasteiger partial charge on any atom is 0.228 e. The molecular weight excluding hydrogens is 400 g/mol. The van der Waals surface area contributed by atoms with Crippen molar-refractivity contribution < 1.29 is 50.0 Å². The molecule has 162 valence electrons. The van der Waals surface area contributed by atoms with Crippen molar-refractivity contribution >= 4 is 0 Å². The van der Waals surface area contributed by atoms with Crippen LogP contribution in [0, 0.1) is 0 Å². The third-order valence-electron chi connectivity index (χ3n) is 5.21. The number of hydrogen-bond donors (Lipinski definition) is 7. The van der Waals surface area contributed by atoms with Gasteiger partial charge in [-0.05, 0) is 17.7 Å². The molecule has 7 N–H and O–H groups in total. The maximum absolute atomic E-state index is 10.5. The molecule has 0 aromatic heterocycles. The van der Waals surface area contributed by atoms with E-state index in [4.69, 9.17) is 14.2 Å². The first-order chi connectivity index (χ1) is 14.2. The molecule has 10 heteroatoms. The van der Waals surface area contributed by atoms with Crippen LogP contribution in [0.2, 0.25) is 0 Å². The van der Waals surface area contributed by atoms with Crippen LogP contribution >= 0.6 is 0 Å². The van der Waals surface area contributed by atoms with Gasteiger partial charge < -0.3 is 50.0 Å². The molecule has 0 bridgehead atoms. The third kappa shape index (κ3) is 3.71. The van der Waals surface area contributed by atoms with Crippen molar-refractivity contribution in [1.82, 2.24) is 0 Å². The average molecular weight is 422 g/mol. The van der Waals surface area contributed by atoms with Crippen LogP contribution in [0.3, 0.4) is 0 Å². The van der Waals surface area contributed by atoms with E-state index in [0.29, 0.717) is 11.1 Å². The number of rotatable bonds is 3. The highest BCUT2D eigenvalue weighted by Gasteiger charge is 2.39.